The van der Waals surface area contributed by atoms with Gasteiger partial charge in [0.1, 0.15) is 11.6 Å². The summed E-state index contributed by atoms with van der Waals surface area (Å²) >= 11 is 9.31. The molecule has 0 amide bonds. The van der Waals surface area contributed by atoms with Crippen molar-refractivity contribution in [3.05, 3.63) is 28.2 Å². The third kappa shape index (κ3) is 2.83. The van der Waals surface area contributed by atoms with Crippen molar-refractivity contribution < 1.29 is 9.13 Å². The molecular formula is C15H17BrClFN2O. The zero-order valence-electron chi connectivity index (χ0n) is 12.0. The van der Waals surface area contributed by atoms with Gasteiger partial charge in [-0.3, -0.25) is 0 Å². The number of alkyl halides is 1. The normalized spacial score (nSPS) is 21.9. The van der Waals surface area contributed by atoms with E-state index >= 15 is 0 Å². The van der Waals surface area contributed by atoms with Crippen molar-refractivity contribution in [2.24, 2.45) is 0 Å². The van der Waals surface area contributed by atoms with Crippen LogP contribution in [-0.2, 0) is 10.6 Å². The first-order valence-corrected chi connectivity index (χ1v) is 8.30. The lowest BCUT2D eigenvalue weighted by atomic mass is 9.93. The number of ether oxygens (including phenoxy) is 1. The van der Waals surface area contributed by atoms with Gasteiger partial charge in [-0.2, -0.15) is 0 Å². The molecule has 1 aromatic carbocycles. The summed E-state index contributed by atoms with van der Waals surface area (Å²) in [6.07, 6.45) is 1.80. The van der Waals surface area contributed by atoms with Crippen molar-refractivity contribution in [3.8, 4) is 0 Å². The minimum atomic E-state index is -0.305. The van der Waals surface area contributed by atoms with Gasteiger partial charge < -0.3 is 9.30 Å². The monoisotopic (exact) mass is 374 g/mol. The fourth-order valence-corrected chi connectivity index (χ4v) is 3.58. The molecule has 1 fully saturated rings. The Morgan fingerprint density at radius 1 is 1.52 bits per heavy atom. The number of hydrogen-bond acceptors (Lipinski definition) is 2. The molecule has 1 unspecified atom stereocenters. The lowest BCUT2D eigenvalue weighted by Crippen LogP contribution is -2.35. The van der Waals surface area contributed by atoms with Gasteiger partial charge in [0.2, 0.25) is 0 Å². The number of benzene rings is 1. The van der Waals surface area contributed by atoms with Crippen molar-refractivity contribution >= 4 is 38.6 Å². The first-order valence-electron chi connectivity index (χ1n) is 6.97. The highest BCUT2D eigenvalue weighted by atomic mass is 79.9. The van der Waals surface area contributed by atoms with E-state index in [9.17, 15) is 4.39 Å². The van der Waals surface area contributed by atoms with Gasteiger partial charge in [-0.05, 0) is 48.7 Å². The van der Waals surface area contributed by atoms with E-state index in [4.69, 9.17) is 16.3 Å². The van der Waals surface area contributed by atoms with E-state index in [1.54, 1.807) is 6.07 Å². The van der Waals surface area contributed by atoms with E-state index < -0.39 is 0 Å². The van der Waals surface area contributed by atoms with Crippen LogP contribution in [0.1, 0.15) is 38.6 Å². The van der Waals surface area contributed by atoms with Crippen LogP contribution in [0.4, 0.5) is 4.39 Å². The summed E-state index contributed by atoms with van der Waals surface area (Å²) in [5.74, 6) is 0.790. The molecule has 1 saturated heterocycles. The minimum Gasteiger partial charge on any atom is -0.375 e. The second kappa shape index (κ2) is 5.52. The Hall–Kier alpha value is -0.650. The lowest BCUT2D eigenvalue weighted by molar-refractivity contribution is -0.0688. The molecule has 1 aliphatic rings. The number of hydrogen-bond donors (Lipinski definition) is 0. The van der Waals surface area contributed by atoms with Crippen LogP contribution in [0.3, 0.4) is 0 Å². The number of fused-ring (bicyclic) bond motifs is 1. The van der Waals surface area contributed by atoms with Crippen LogP contribution in [0.25, 0.3) is 11.0 Å². The summed E-state index contributed by atoms with van der Waals surface area (Å²) in [4.78, 5) is 4.49. The van der Waals surface area contributed by atoms with Crippen LogP contribution >= 0.6 is 27.5 Å². The fraction of sp³-hybridized carbons (Fsp3) is 0.533. The number of rotatable bonds is 2. The molecule has 3 rings (SSSR count). The third-order valence-corrected chi connectivity index (χ3v) is 4.81. The number of nitrogens with zero attached hydrogens (tertiary/aromatic N) is 2. The van der Waals surface area contributed by atoms with Gasteiger partial charge in [0, 0.05) is 18.7 Å². The molecule has 2 aromatic rings. The van der Waals surface area contributed by atoms with E-state index in [1.165, 1.54) is 6.07 Å². The van der Waals surface area contributed by atoms with Crippen molar-refractivity contribution in [3.63, 3.8) is 0 Å². The van der Waals surface area contributed by atoms with Crippen LogP contribution in [0.15, 0.2) is 16.6 Å². The molecule has 0 bridgehead atoms. The average Bonchev–Trinajstić information content (AvgIpc) is 2.75. The quantitative estimate of drug-likeness (QED) is 0.705. The molecule has 6 heteroatoms. The Morgan fingerprint density at radius 3 is 2.95 bits per heavy atom. The molecule has 0 radical (unpaired) electrons. The maximum atomic E-state index is 13.7. The van der Waals surface area contributed by atoms with E-state index in [0.29, 0.717) is 22.5 Å². The van der Waals surface area contributed by atoms with Gasteiger partial charge in [0.05, 0.1) is 27.0 Å². The molecular weight excluding hydrogens is 359 g/mol. The van der Waals surface area contributed by atoms with E-state index in [1.807, 2.05) is 0 Å². The molecule has 1 aliphatic heterocycles. The van der Waals surface area contributed by atoms with Crippen LogP contribution in [0.2, 0.25) is 0 Å². The van der Waals surface area contributed by atoms with Crippen LogP contribution in [0.5, 0.6) is 0 Å². The van der Waals surface area contributed by atoms with E-state index in [2.05, 4.69) is 39.3 Å². The van der Waals surface area contributed by atoms with Gasteiger partial charge in [-0.1, -0.05) is 0 Å². The maximum Gasteiger partial charge on any atom is 0.139 e. The number of halogens is 3. The zero-order valence-corrected chi connectivity index (χ0v) is 14.3. The van der Waals surface area contributed by atoms with Gasteiger partial charge in [0.25, 0.3) is 0 Å². The largest absolute Gasteiger partial charge is 0.375 e. The molecule has 0 aliphatic carbocycles. The summed E-state index contributed by atoms with van der Waals surface area (Å²) < 4.78 is 22.1. The Morgan fingerprint density at radius 2 is 2.29 bits per heavy atom. The van der Waals surface area contributed by atoms with Crippen LogP contribution in [0, 0.1) is 5.82 Å². The smallest absolute Gasteiger partial charge is 0.139 e. The summed E-state index contributed by atoms with van der Waals surface area (Å²) in [6.45, 7) is 4.89. The fourth-order valence-electron chi connectivity index (χ4n) is 3.06. The predicted octanol–water partition coefficient (Wildman–Crippen LogP) is 4.81. The molecule has 0 saturated carbocycles. The summed E-state index contributed by atoms with van der Waals surface area (Å²) in [6, 6.07) is 3.51. The Balaban J connectivity index is 2.14. The maximum absolute atomic E-state index is 13.7. The molecule has 1 aromatic heterocycles. The van der Waals surface area contributed by atoms with Crippen molar-refractivity contribution in [2.75, 3.05) is 6.61 Å². The summed E-state index contributed by atoms with van der Waals surface area (Å²) in [5.41, 5.74) is 1.40. The Bertz CT molecular complexity index is 686. The van der Waals surface area contributed by atoms with E-state index in [-0.39, 0.29) is 17.5 Å². The molecule has 0 spiro atoms. The number of imidazole rings is 1. The molecule has 2 heterocycles. The van der Waals surface area contributed by atoms with Crippen molar-refractivity contribution in [2.45, 2.75) is 44.2 Å². The van der Waals surface area contributed by atoms with Crippen LogP contribution < -0.4 is 0 Å². The standard InChI is InChI=1S/C15H17BrClFN2O/c1-15(2)7-9(3-4-21-15)20-13-5-10(16)11(18)6-12(13)19-14(20)8-17/h5-6,9H,3-4,7-8H2,1-2H3. The molecule has 114 valence electrons. The first kappa shape index (κ1) is 15.3. The van der Waals surface area contributed by atoms with Crippen molar-refractivity contribution in [1.82, 2.24) is 9.55 Å². The molecule has 1 atom stereocenters. The van der Waals surface area contributed by atoms with Gasteiger partial charge >= 0.3 is 0 Å². The highest BCUT2D eigenvalue weighted by Gasteiger charge is 2.31. The molecule has 0 N–H and O–H groups in total. The average molecular weight is 376 g/mol. The first-order chi connectivity index (χ1) is 9.91. The Labute approximate surface area is 136 Å². The third-order valence-electron chi connectivity index (χ3n) is 3.96. The van der Waals surface area contributed by atoms with Gasteiger partial charge in [-0.15, -0.1) is 11.6 Å². The Kier molecular flexibility index (Phi) is 4.01. The van der Waals surface area contributed by atoms with E-state index in [0.717, 1.165) is 24.2 Å². The SMILES string of the molecule is CC1(C)CC(n2c(CCl)nc3cc(F)c(Br)cc32)CCO1. The topological polar surface area (TPSA) is 27.1 Å². The minimum absolute atomic E-state index is 0.166. The predicted molar refractivity (Wildman–Crippen MR) is 85.3 cm³/mol. The highest BCUT2D eigenvalue weighted by Crippen LogP contribution is 2.36. The highest BCUT2D eigenvalue weighted by molar-refractivity contribution is 9.10. The van der Waals surface area contributed by atoms with Gasteiger partial charge in [0.15, 0.2) is 0 Å². The summed E-state index contributed by atoms with van der Waals surface area (Å²) in [5, 5.41) is 0. The second-order valence-electron chi connectivity index (χ2n) is 6.04. The van der Waals surface area contributed by atoms with Crippen LogP contribution in [-0.4, -0.2) is 21.8 Å². The summed E-state index contributed by atoms with van der Waals surface area (Å²) in [7, 11) is 0. The lowest BCUT2D eigenvalue weighted by Gasteiger charge is -2.36. The van der Waals surface area contributed by atoms with Gasteiger partial charge in [-0.25, -0.2) is 9.37 Å². The van der Waals surface area contributed by atoms with Crippen molar-refractivity contribution in [1.29, 1.82) is 0 Å². The number of aromatic nitrogens is 2. The molecule has 21 heavy (non-hydrogen) atoms. The molecule has 3 nitrogen and oxygen atoms in total. The zero-order chi connectivity index (χ0) is 15.2. The second-order valence-corrected chi connectivity index (χ2v) is 7.16.